The Morgan fingerprint density at radius 3 is 2.84 bits per heavy atom. The quantitative estimate of drug-likeness (QED) is 0.869. The Balaban J connectivity index is 1.96. The SMILES string of the molecule is CN(C)Cc1cccc(NC(=O)[C@H]2CC[C@@H](N)C2)c1. The van der Waals surface area contributed by atoms with Crippen molar-refractivity contribution in [2.45, 2.75) is 31.8 Å². The molecule has 0 aromatic heterocycles. The summed E-state index contributed by atoms with van der Waals surface area (Å²) in [5, 5.41) is 3.01. The van der Waals surface area contributed by atoms with Gasteiger partial charge in [0, 0.05) is 24.2 Å². The van der Waals surface area contributed by atoms with Gasteiger partial charge < -0.3 is 16.0 Å². The third kappa shape index (κ3) is 4.04. The first-order valence-electron chi connectivity index (χ1n) is 6.84. The molecule has 0 unspecified atom stereocenters. The molecule has 0 bridgehead atoms. The Kier molecular flexibility index (Phi) is 4.56. The Hall–Kier alpha value is -1.39. The first-order valence-corrected chi connectivity index (χ1v) is 6.84. The monoisotopic (exact) mass is 261 g/mol. The van der Waals surface area contributed by atoms with Crippen molar-refractivity contribution in [3.8, 4) is 0 Å². The van der Waals surface area contributed by atoms with E-state index in [0.29, 0.717) is 0 Å². The van der Waals surface area contributed by atoms with Gasteiger partial charge in [-0.05, 0) is 51.1 Å². The highest BCUT2D eigenvalue weighted by Gasteiger charge is 2.27. The number of hydrogen-bond acceptors (Lipinski definition) is 3. The number of anilines is 1. The maximum Gasteiger partial charge on any atom is 0.227 e. The summed E-state index contributed by atoms with van der Waals surface area (Å²) in [5.74, 6) is 0.183. The summed E-state index contributed by atoms with van der Waals surface area (Å²) < 4.78 is 0. The Morgan fingerprint density at radius 1 is 1.42 bits per heavy atom. The van der Waals surface area contributed by atoms with Gasteiger partial charge in [-0.1, -0.05) is 12.1 Å². The van der Waals surface area contributed by atoms with Crippen LogP contribution in [0.2, 0.25) is 0 Å². The van der Waals surface area contributed by atoms with E-state index in [4.69, 9.17) is 5.73 Å². The lowest BCUT2D eigenvalue weighted by Gasteiger charge is -2.13. The minimum absolute atomic E-state index is 0.0764. The van der Waals surface area contributed by atoms with E-state index in [2.05, 4.69) is 16.3 Å². The van der Waals surface area contributed by atoms with Gasteiger partial charge in [0.15, 0.2) is 0 Å². The van der Waals surface area contributed by atoms with E-state index in [9.17, 15) is 4.79 Å². The summed E-state index contributed by atoms with van der Waals surface area (Å²) in [5.41, 5.74) is 7.93. The second-order valence-electron chi connectivity index (χ2n) is 5.70. The van der Waals surface area contributed by atoms with Crippen LogP contribution in [0.15, 0.2) is 24.3 Å². The third-order valence-corrected chi connectivity index (χ3v) is 3.54. The van der Waals surface area contributed by atoms with Crippen molar-refractivity contribution in [2.24, 2.45) is 11.7 Å². The summed E-state index contributed by atoms with van der Waals surface area (Å²) in [7, 11) is 4.07. The molecule has 1 fully saturated rings. The first kappa shape index (κ1) is 14.0. The van der Waals surface area contributed by atoms with Crippen LogP contribution in [-0.2, 0) is 11.3 Å². The molecule has 4 nitrogen and oxygen atoms in total. The lowest BCUT2D eigenvalue weighted by molar-refractivity contribution is -0.119. The van der Waals surface area contributed by atoms with Crippen molar-refractivity contribution in [1.29, 1.82) is 0 Å². The van der Waals surface area contributed by atoms with Crippen LogP contribution in [0.3, 0.4) is 0 Å². The van der Waals surface area contributed by atoms with Gasteiger partial charge in [-0.2, -0.15) is 0 Å². The van der Waals surface area contributed by atoms with E-state index >= 15 is 0 Å². The largest absolute Gasteiger partial charge is 0.328 e. The van der Waals surface area contributed by atoms with Gasteiger partial charge in [0.1, 0.15) is 0 Å². The Bertz CT molecular complexity index is 445. The molecular weight excluding hydrogens is 238 g/mol. The van der Waals surface area contributed by atoms with Crippen molar-refractivity contribution in [2.75, 3.05) is 19.4 Å². The average molecular weight is 261 g/mol. The fraction of sp³-hybridized carbons (Fsp3) is 0.533. The molecule has 0 spiro atoms. The van der Waals surface area contributed by atoms with Crippen LogP contribution in [0.1, 0.15) is 24.8 Å². The summed E-state index contributed by atoms with van der Waals surface area (Å²) in [6, 6.07) is 8.21. The molecule has 104 valence electrons. The molecule has 2 rings (SSSR count). The van der Waals surface area contributed by atoms with Crippen LogP contribution >= 0.6 is 0 Å². The standard InChI is InChI=1S/C15H23N3O/c1-18(2)10-11-4-3-5-14(8-11)17-15(19)12-6-7-13(16)9-12/h3-5,8,12-13H,6-7,9-10,16H2,1-2H3,(H,17,19)/t12-,13+/m0/s1. The van der Waals surface area contributed by atoms with Crippen molar-refractivity contribution in [1.82, 2.24) is 4.90 Å². The number of nitrogens with one attached hydrogen (secondary N) is 1. The maximum absolute atomic E-state index is 12.1. The Morgan fingerprint density at radius 2 is 2.21 bits per heavy atom. The molecule has 0 heterocycles. The number of carbonyl (C=O) groups is 1. The van der Waals surface area contributed by atoms with Crippen LogP contribution in [0, 0.1) is 5.92 Å². The number of rotatable bonds is 4. The lowest BCUT2D eigenvalue weighted by atomic mass is 10.1. The van der Waals surface area contributed by atoms with Crippen LogP contribution in [0.25, 0.3) is 0 Å². The van der Waals surface area contributed by atoms with Gasteiger partial charge in [-0.3, -0.25) is 4.79 Å². The normalized spacial score (nSPS) is 22.7. The van der Waals surface area contributed by atoms with E-state index in [1.54, 1.807) is 0 Å². The topological polar surface area (TPSA) is 58.4 Å². The highest BCUT2D eigenvalue weighted by Crippen LogP contribution is 2.25. The second-order valence-corrected chi connectivity index (χ2v) is 5.70. The first-order chi connectivity index (χ1) is 9.04. The summed E-state index contributed by atoms with van der Waals surface area (Å²) in [4.78, 5) is 14.2. The van der Waals surface area contributed by atoms with E-state index in [-0.39, 0.29) is 17.9 Å². The van der Waals surface area contributed by atoms with Gasteiger partial charge in [-0.15, -0.1) is 0 Å². The van der Waals surface area contributed by atoms with Crippen LogP contribution in [-0.4, -0.2) is 30.9 Å². The molecule has 1 saturated carbocycles. The molecule has 0 radical (unpaired) electrons. The van der Waals surface area contributed by atoms with Gasteiger partial charge in [0.25, 0.3) is 0 Å². The zero-order chi connectivity index (χ0) is 13.8. The molecule has 19 heavy (non-hydrogen) atoms. The van der Waals surface area contributed by atoms with Crippen molar-refractivity contribution >= 4 is 11.6 Å². The van der Waals surface area contributed by atoms with E-state index in [0.717, 1.165) is 31.5 Å². The van der Waals surface area contributed by atoms with Crippen molar-refractivity contribution in [3.63, 3.8) is 0 Å². The highest BCUT2D eigenvalue weighted by atomic mass is 16.1. The molecule has 2 atom stereocenters. The van der Waals surface area contributed by atoms with Crippen LogP contribution < -0.4 is 11.1 Å². The molecule has 0 saturated heterocycles. The molecule has 3 N–H and O–H groups in total. The number of hydrogen-bond donors (Lipinski definition) is 2. The van der Waals surface area contributed by atoms with Gasteiger partial charge in [0.2, 0.25) is 5.91 Å². The smallest absolute Gasteiger partial charge is 0.227 e. The van der Waals surface area contributed by atoms with Crippen LogP contribution in [0.5, 0.6) is 0 Å². The van der Waals surface area contributed by atoms with E-state index in [1.165, 1.54) is 5.56 Å². The number of amides is 1. The highest BCUT2D eigenvalue weighted by molar-refractivity contribution is 5.92. The molecule has 1 amide bonds. The minimum Gasteiger partial charge on any atom is -0.328 e. The maximum atomic E-state index is 12.1. The molecule has 1 aliphatic carbocycles. The molecule has 0 aliphatic heterocycles. The molecule has 1 aromatic carbocycles. The number of nitrogens with two attached hydrogens (primary N) is 1. The van der Waals surface area contributed by atoms with Crippen molar-refractivity contribution < 1.29 is 4.79 Å². The second kappa shape index (κ2) is 6.17. The summed E-state index contributed by atoms with van der Waals surface area (Å²) >= 11 is 0. The van der Waals surface area contributed by atoms with Crippen molar-refractivity contribution in [3.05, 3.63) is 29.8 Å². The predicted octanol–water partition coefficient (Wildman–Crippen LogP) is 1.81. The molecule has 1 aliphatic rings. The predicted molar refractivity (Wildman–Crippen MR) is 77.8 cm³/mol. The average Bonchev–Trinajstić information content (AvgIpc) is 2.75. The van der Waals surface area contributed by atoms with E-state index < -0.39 is 0 Å². The third-order valence-electron chi connectivity index (χ3n) is 3.54. The van der Waals surface area contributed by atoms with Gasteiger partial charge >= 0.3 is 0 Å². The summed E-state index contributed by atoms with van der Waals surface area (Å²) in [6.45, 7) is 0.873. The molecular formula is C15H23N3O. The minimum atomic E-state index is 0.0764. The number of benzene rings is 1. The van der Waals surface area contributed by atoms with Crippen LogP contribution in [0.4, 0.5) is 5.69 Å². The van der Waals surface area contributed by atoms with E-state index in [1.807, 2.05) is 32.3 Å². The fourth-order valence-electron chi connectivity index (χ4n) is 2.61. The zero-order valence-electron chi connectivity index (χ0n) is 11.7. The number of carbonyl (C=O) groups excluding carboxylic acids is 1. The zero-order valence-corrected chi connectivity index (χ0v) is 11.7. The fourth-order valence-corrected chi connectivity index (χ4v) is 2.61. The summed E-state index contributed by atoms with van der Waals surface area (Å²) in [6.07, 6.45) is 2.67. The van der Waals surface area contributed by atoms with Gasteiger partial charge in [-0.25, -0.2) is 0 Å². The molecule has 1 aromatic rings. The van der Waals surface area contributed by atoms with Gasteiger partial charge in [0.05, 0.1) is 0 Å². The Labute approximate surface area is 115 Å². The lowest BCUT2D eigenvalue weighted by Crippen LogP contribution is -2.23. The number of nitrogens with zero attached hydrogens (tertiary/aromatic N) is 1. The molecule has 4 heteroatoms.